The summed E-state index contributed by atoms with van der Waals surface area (Å²) in [5.41, 5.74) is 0.331. The van der Waals surface area contributed by atoms with Crippen molar-refractivity contribution in [1.29, 1.82) is 5.41 Å². The van der Waals surface area contributed by atoms with Crippen LogP contribution in [0.25, 0.3) is 0 Å². The molecule has 4 heteroatoms. The summed E-state index contributed by atoms with van der Waals surface area (Å²) in [6.07, 6.45) is 1.82. The number of hydrogen-bond acceptors (Lipinski definition) is 4. The predicted molar refractivity (Wildman–Crippen MR) is 54.7 cm³/mol. The lowest BCUT2D eigenvalue weighted by atomic mass is 10.3. The highest BCUT2D eigenvalue weighted by Crippen LogP contribution is 1.91. The minimum Gasteiger partial charge on any atom is -0.465 e. The van der Waals surface area contributed by atoms with E-state index in [1.807, 2.05) is 6.92 Å². The van der Waals surface area contributed by atoms with Gasteiger partial charge in [0.25, 0.3) is 0 Å². The summed E-state index contributed by atoms with van der Waals surface area (Å²) in [4.78, 5) is 10.9. The van der Waals surface area contributed by atoms with Gasteiger partial charge in [0.15, 0.2) is 0 Å². The second-order valence-corrected chi connectivity index (χ2v) is 3.14. The van der Waals surface area contributed by atoms with E-state index >= 15 is 0 Å². The highest BCUT2D eigenvalue weighted by Gasteiger charge is 2.02. The summed E-state index contributed by atoms with van der Waals surface area (Å²) in [7, 11) is 0. The second-order valence-electron chi connectivity index (χ2n) is 3.14. The molecule has 0 unspecified atom stereocenters. The van der Waals surface area contributed by atoms with Gasteiger partial charge in [-0.15, -0.1) is 0 Å². The first-order valence-electron chi connectivity index (χ1n) is 4.94. The second kappa shape index (κ2) is 8.69. The Morgan fingerprint density at radius 1 is 1.29 bits per heavy atom. The molecule has 0 aromatic heterocycles. The van der Waals surface area contributed by atoms with E-state index in [1.54, 1.807) is 6.92 Å². The van der Waals surface area contributed by atoms with E-state index in [2.05, 4.69) is 0 Å². The third-order valence-electron chi connectivity index (χ3n) is 1.45. The van der Waals surface area contributed by atoms with E-state index < -0.39 is 0 Å². The normalized spacial score (nSPS) is 9.86. The van der Waals surface area contributed by atoms with Crippen LogP contribution in [0, 0.1) is 5.41 Å². The Morgan fingerprint density at radius 3 is 2.57 bits per heavy atom. The first-order valence-corrected chi connectivity index (χ1v) is 4.94. The Kier molecular flexibility index (Phi) is 8.13. The maximum Gasteiger partial charge on any atom is 0.311 e. The van der Waals surface area contributed by atoms with Crippen LogP contribution in [-0.2, 0) is 14.3 Å². The standard InChI is InChI=1S/C10H19NO3/c1-3-5-13-6-4-7-14-10(12)8-9(2)11/h11H,3-8H2,1-2H3. The molecule has 0 aliphatic carbocycles. The third-order valence-corrected chi connectivity index (χ3v) is 1.45. The summed E-state index contributed by atoms with van der Waals surface area (Å²) < 4.78 is 10.1. The number of ether oxygens (including phenoxy) is 2. The van der Waals surface area contributed by atoms with Crippen molar-refractivity contribution in [3.8, 4) is 0 Å². The van der Waals surface area contributed by atoms with Gasteiger partial charge in [0.2, 0.25) is 0 Å². The lowest BCUT2D eigenvalue weighted by Gasteiger charge is -2.04. The molecule has 0 saturated carbocycles. The summed E-state index contributed by atoms with van der Waals surface area (Å²) in [6.45, 7) is 5.41. The van der Waals surface area contributed by atoms with Crippen LogP contribution in [0.15, 0.2) is 0 Å². The molecule has 0 saturated heterocycles. The van der Waals surface area contributed by atoms with E-state index in [0.29, 0.717) is 18.9 Å². The van der Waals surface area contributed by atoms with Crippen molar-refractivity contribution >= 4 is 11.7 Å². The topological polar surface area (TPSA) is 59.4 Å². The Balaban J connectivity index is 3.19. The zero-order valence-electron chi connectivity index (χ0n) is 8.97. The highest BCUT2D eigenvalue weighted by molar-refractivity contribution is 5.95. The van der Waals surface area contributed by atoms with Crippen LogP contribution in [0.4, 0.5) is 0 Å². The van der Waals surface area contributed by atoms with Crippen LogP contribution in [0.1, 0.15) is 33.1 Å². The van der Waals surface area contributed by atoms with Crippen LogP contribution >= 0.6 is 0 Å². The van der Waals surface area contributed by atoms with Crippen LogP contribution in [-0.4, -0.2) is 31.5 Å². The van der Waals surface area contributed by atoms with Crippen molar-refractivity contribution < 1.29 is 14.3 Å². The van der Waals surface area contributed by atoms with Crippen LogP contribution < -0.4 is 0 Å². The highest BCUT2D eigenvalue weighted by atomic mass is 16.5. The predicted octanol–water partition coefficient (Wildman–Crippen LogP) is 1.78. The van der Waals surface area contributed by atoms with Crippen molar-refractivity contribution in [2.75, 3.05) is 19.8 Å². The number of rotatable bonds is 8. The van der Waals surface area contributed by atoms with Gasteiger partial charge in [-0.25, -0.2) is 0 Å². The number of carbonyl (C=O) groups excluding carboxylic acids is 1. The monoisotopic (exact) mass is 201 g/mol. The fourth-order valence-corrected chi connectivity index (χ4v) is 0.861. The summed E-state index contributed by atoms with van der Waals surface area (Å²) in [5, 5.41) is 7.07. The van der Waals surface area contributed by atoms with Gasteiger partial charge in [-0.3, -0.25) is 4.79 Å². The van der Waals surface area contributed by atoms with Gasteiger partial charge in [0, 0.05) is 25.3 Å². The van der Waals surface area contributed by atoms with Crippen LogP contribution in [0.5, 0.6) is 0 Å². The van der Waals surface area contributed by atoms with Crippen molar-refractivity contribution in [3.63, 3.8) is 0 Å². The zero-order chi connectivity index (χ0) is 10.8. The van der Waals surface area contributed by atoms with Gasteiger partial charge in [-0.05, 0) is 13.3 Å². The van der Waals surface area contributed by atoms with E-state index in [4.69, 9.17) is 14.9 Å². The molecule has 0 atom stereocenters. The molecule has 14 heavy (non-hydrogen) atoms. The summed E-state index contributed by atoms with van der Waals surface area (Å²) >= 11 is 0. The molecule has 0 bridgehead atoms. The number of nitrogens with one attached hydrogen (secondary N) is 1. The van der Waals surface area contributed by atoms with E-state index in [1.165, 1.54) is 0 Å². The number of hydrogen-bond donors (Lipinski definition) is 1. The Morgan fingerprint density at radius 2 is 2.00 bits per heavy atom. The van der Waals surface area contributed by atoms with Gasteiger partial charge in [0.05, 0.1) is 13.0 Å². The van der Waals surface area contributed by atoms with Gasteiger partial charge >= 0.3 is 5.97 Å². The molecular weight excluding hydrogens is 182 g/mol. The van der Waals surface area contributed by atoms with E-state index in [9.17, 15) is 4.79 Å². The molecule has 0 aromatic rings. The fraction of sp³-hybridized carbons (Fsp3) is 0.800. The maximum atomic E-state index is 10.9. The molecule has 0 aliphatic heterocycles. The van der Waals surface area contributed by atoms with Gasteiger partial charge in [-0.1, -0.05) is 6.92 Å². The minimum absolute atomic E-state index is 0.0931. The lowest BCUT2D eigenvalue weighted by molar-refractivity contribution is -0.142. The summed E-state index contributed by atoms with van der Waals surface area (Å²) in [5.74, 6) is -0.326. The molecule has 0 aliphatic rings. The van der Waals surface area contributed by atoms with Gasteiger partial charge in [0.1, 0.15) is 0 Å². The minimum atomic E-state index is -0.326. The molecule has 82 valence electrons. The Bertz CT molecular complexity index is 180. The molecule has 0 fully saturated rings. The average molecular weight is 201 g/mol. The van der Waals surface area contributed by atoms with Crippen LogP contribution in [0.2, 0.25) is 0 Å². The molecule has 0 radical (unpaired) electrons. The lowest BCUT2D eigenvalue weighted by Crippen LogP contribution is -2.10. The molecule has 0 heterocycles. The van der Waals surface area contributed by atoms with Crippen molar-refractivity contribution in [2.24, 2.45) is 0 Å². The number of carbonyl (C=O) groups is 1. The third kappa shape index (κ3) is 9.19. The van der Waals surface area contributed by atoms with E-state index in [0.717, 1.165) is 19.4 Å². The SMILES string of the molecule is CCCOCCCOC(=O)CC(C)=N. The van der Waals surface area contributed by atoms with Gasteiger partial charge in [-0.2, -0.15) is 0 Å². The first-order chi connectivity index (χ1) is 6.66. The van der Waals surface area contributed by atoms with E-state index in [-0.39, 0.29) is 12.4 Å². The molecule has 1 N–H and O–H groups in total. The Hall–Kier alpha value is -0.900. The molecule has 4 nitrogen and oxygen atoms in total. The molecule has 0 amide bonds. The van der Waals surface area contributed by atoms with Crippen molar-refractivity contribution in [1.82, 2.24) is 0 Å². The fourth-order valence-electron chi connectivity index (χ4n) is 0.861. The number of esters is 1. The van der Waals surface area contributed by atoms with Crippen molar-refractivity contribution in [3.05, 3.63) is 0 Å². The van der Waals surface area contributed by atoms with Gasteiger partial charge < -0.3 is 14.9 Å². The molecule has 0 spiro atoms. The van der Waals surface area contributed by atoms with Crippen LogP contribution in [0.3, 0.4) is 0 Å². The first kappa shape index (κ1) is 13.1. The molecule has 0 aromatic carbocycles. The summed E-state index contributed by atoms with van der Waals surface area (Å²) in [6, 6.07) is 0. The Labute approximate surface area is 85.1 Å². The van der Waals surface area contributed by atoms with Crippen molar-refractivity contribution in [2.45, 2.75) is 33.1 Å². The maximum absolute atomic E-state index is 10.9. The zero-order valence-corrected chi connectivity index (χ0v) is 8.97. The average Bonchev–Trinajstić information content (AvgIpc) is 2.10. The largest absolute Gasteiger partial charge is 0.465 e. The molecule has 0 rings (SSSR count). The quantitative estimate of drug-likeness (QED) is 0.370. The smallest absolute Gasteiger partial charge is 0.311 e. The molecular formula is C10H19NO3.